The van der Waals surface area contributed by atoms with Gasteiger partial charge in [-0.1, -0.05) is 109 Å². The maximum Gasteiger partial charge on any atom is 0.309 e. The molecule has 1 aromatic rings. The van der Waals surface area contributed by atoms with Crippen molar-refractivity contribution in [1.82, 2.24) is 0 Å². The normalized spacial score (nSPS) is 30.6. The molecule has 0 unspecified atom stereocenters. The van der Waals surface area contributed by atoms with Crippen molar-refractivity contribution in [1.29, 1.82) is 0 Å². The van der Waals surface area contributed by atoms with Crippen molar-refractivity contribution in [2.45, 2.75) is 154 Å². The first-order valence-corrected chi connectivity index (χ1v) is 16.4. The van der Waals surface area contributed by atoms with Crippen LogP contribution in [0.3, 0.4) is 0 Å². The van der Waals surface area contributed by atoms with Gasteiger partial charge in [-0.05, 0) is 92.6 Å². The van der Waals surface area contributed by atoms with Crippen molar-refractivity contribution >= 4 is 5.97 Å². The average molecular weight is 509 g/mol. The lowest BCUT2D eigenvalue weighted by molar-refractivity contribution is -0.157. The summed E-state index contributed by atoms with van der Waals surface area (Å²) in [5.41, 5.74) is 2.92. The van der Waals surface area contributed by atoms with Crippen LogP contribution in [0.1, 0.15) is 153 Å². The molecule has 3 aliphatic rings. The van der Waals surface area contributed by atoms with Crippen LogP contribution in [0.15, 0.2) is 24.3 Å². The highest BCUT2D eigenvalue weighted by Gasteiger charge is 2.31. The second kappa shape index (κ2) is 15.3. The number of carbonyl (C=O) groups is 1. The Morgan fingerprint density at radius 3 is 1.81 bits per heavy atom. The molecule has 0 heterocycles. The van der Waals surface area contributed by atoms with E-state index in [4.69, 9.17) is 4.74 Å². The molecule has 0 atom stereocenters. The lowest BCUT2D eigenvalue weighted by Crippen LogP contribution is -2.30. The summed E-state index contributed by atoms with van der Waals surface area (Å²) in [5, 5.41) is 0. The maximum atomic E-state index is 12.9. The second-order valence-electron chi connectivity index (χ2n) is 13.1. The fourth-order valence-electron chi connectivity index (χ4n) is 7.67. The number of esters is 1. The van der Waals surface area contributed by atoms with Gasteiger partial charge in [-0.2, -0.15) is 0 Å². The van der Waals surface area contributed by atoms with Crippen LogP contribution in [0, 0.1) is 23.7 Å². The standard InChI is InChI=1S/C35H56O2/c1-3-5-6-8-28-9-11-29(12-10-28)13-14-30-17-21-33(22-18-30)35(36)37-34-25-23-32(24-26-34)31-19-15-27(7-4-2)16-20-31/h15-16,19-20,28-30,32-34H,3-14,17-18,21-26H2,1-2H3/t28-,29-,30-,32-,33-,34-. The molecule has 0 aliphatic heterocycles. The molecule has 3 aliphatic carbocycles. The van der Waals surface area contributed by atoms with E-state index in [9.17, 15) is 4.79 Å². The van der Waals surface area contributed by atoms with E-state index in [1.807, 2.05) is 0 Å². The van der Waals surface area contributed by atoms with Gasteiger partial charge in [0.1, 0.15) is 6.10 Å². The van der Waals surface area contributed by atoms with Crippen LogP contribution in [0.4, 0.5) is 0 Å². The minimum absolute atomic E-state index is 0.118. The van der Waals surface area contributed by atoms with Crippen LogP contribution in [-0.2, 0) is 16.0 Å². The lowest BCUT2D eigenvalue weighted by atomic mass is 9.75. The Hall–Kier alpha value is -1.31. The Kier molecular flexibility index (Phi) is 11.9. The molecule has 2 heteroatoms. The fraction of sp³-hybridized carbons (Fsp3) is 0.800. The summed E-state index contributed by atoms with van der Waals surface area (Å²) in [7, 11) is 0. The molecule has 0 N–H and O–H groups in total. The zero-order valence-corrected chi connectivity index (χ0v) is 24.2. The topological polar surface area (TPSA) is 26.3 Å². The SMILES string of the molecule is CCCCC[C@H]1CC[C@H](CC[C@H]2CC[C@H](C(=O)O[C@H]3CC[C@H](c4ccc(CCC)cc4)CC3)CC2)CC1. The van der Waals surface area contributed by atoms with Gasteiger partial charge in [0.25, 0.3) is 0 Å². The third-order valence-corrected chi connectivity index (χ3v) is 10.3. The van der Waals surface area contributed by atoms with Gasteiger partial charge in [0.15, 0.2) is 0 Å². The summed E-state index contributed by atoms with van der Waals surface area (Å²) in [6.45, 7) is 4.55. The number of ether oxygens (including phenoxy) is 1. The molecule has 0 amide bonds. The largest absolute Gasteiger partial charge is 0.462 e. The Bertz CT molecular complexity index is 759. The van der Waals surface area contributed by atoms with Crippen molar-refractivity contribution in [3.63, 3.8) is 0 Å². The van der Waals surface area contributed by atoms with Crippen LogP contribution in [0.2, 0.25) is 0 Å². The van der Waals surface area contributed by atoms with E-state index in [1.165, 1.54) is 101 Å². The van der Waals surface area contributed by atoms with Crippen LogP contribution in [0.25, 0.3) is 0 Å². The summed E-state index contributed by atoms with van der Waals surface area (Å²) in [6.07, 6.45) is 26.0. The molecular weight excluding hydrogens is 452 g/mol. The third-order valence-electron chi connectivity index (χ3n) is 10.3. The Morgan fingerprint density at radius 1 is 0.676 bits per heavy atom. The van der Waals surface area contributed by atoms with Crippen LogP contribution in [-0.4, -0.2) is 12.1 Å². The van der Waals surface area contributed by atoms with E-state index in [2.05, 4.69) is 38.1 Å². The molecule has 1 aromatic carbocycles. The minimum Gasteiger partial charge on any atom is -0.462 e. The lowest BCUT2D eigenvalue weighted by Gasteiger charge is -2.33. The van der Waals surface area contributed by atoms with E-state index in [0.717, 1.165) is 56.3 Å². The van der Waals surface area contributed by atoms with Gasteiger partial charge >= 0.3 is 5.97 Å². The fourth-order valence-corrected chi connectivity index (χ4v) is 7.67. The molecule has 3 saturated carbocycles. The summed E-state index contributed by atoms with van der Waals surface area (Å²) in [4.78, 5) is 12.9. The van der Waals surface area contributed by atoms with Gasteiger partial charge in [0.05, 0.1) is 5.92 Å². The molecular formula is C35H56O2. The maximum absolute atomic E-state index is 12.9. The smallest absolute Gasteiger partial charge is 0.309 e. The van der Waals surface area contributed by atoms with E-state index in [-0.39, 0.29) is 18.0 Å². The van der Waals surface area contributed by atoms with Crippen molar-refractivity contribution in [2.75, 3.05) is 0 Å². The number of benzene rings is 1. The van der Waals surface area contributed by atoms with E-state index in [0.29, 0.717) is 5.92 Å². The van der Waals surface area contributed by atoms with Crippen LogP contribution >= 0.6 is 0 Å². The van der Waals surface area contributed by atoms with Crippen LogP contribution in [0.5, 0.6) is 0 Å². The van der Waals surface area contributed by atoms with Gasteiger partial charge in [0.2, 0.25) is 0 Å². The first-order valence-electron chi connectivity index (χ1n) is 16.4. The van der Waals surface area contributed by atoms with Crippen molar-refractivity contribution in [3.8, 4) is 0 Å². The Morgan fingerprint density at radius 2 is 1.24 bits per heavy atom. The first kappa shape index (κ1) is 28.7. The number of hydrogen-bond acceptors (Lipinski definition) is 2. The first-order chi connectivity index (χ1) is 18.1. The molecule has 208 valence electrons. The zero-order valence-electron chi connectivity index (χ0n) is 24.2. The third kappa shape index (κ3) is 9.14. The van der Waals surface area contributed by atoms with E-state index >= 15 is 0 Å². The monoisotopic (exact) mass is 508 g/mol. The van der Waals surface area contributed by atoms with Crippen LogP contribution < -0.4 is 0 Å². The predicted molar refractivity (Wildman–Crippen MR) is 156 cm³/mol. The summed E-state index contributed by atoms with van der Waals surface area (Å²) in [6, 6.07) is 9.28. The van der Waals surface area contributed by atoms with Gasteiger partial charge in [-0.25, -0.2) is 0 Å². The van der Waals surface area contributed by atoms with Gasteiger partial charge in [-0.3, -0.25) is 4.79 Å². The molecule has 37 heavy (non-hydrogen) atoms. The second-order valence-corrected chi connectivity index (χ2v) is 13.1. The number of hydrogen-bond donors (Lipinski definition) is 0. The minimum atomic E-state index is 0.118. The molecule has 4 rings (SSSR count). The quantitative estimate of drug-likeness (QED) is 0.207. The summed E-state index contributed by atoms with van der Waals surface area (Å²) >= 11 is 0. The summed E-state index contributed by atoms with van der Waals surface area (Å²) in [5.74, 6) is 3.78. The highest BCUT2D eigenvalue weighted by molar-refractivity contribution is 5.72. The Labute approximate surface area is 228 Å². The zero-order chi connectivity index (χ0) is 25.9. The predicted octanol–water partition coefficient (Wildman–Crippen LogP) is 10.2. The highest BCUT2D eigenvalue weighted by Crippen LogP contribution is 2.39. The average Bonchev–Trinajstić information content (AvgIpc) is 2.94. The summed E-state index contributed by atoms with van der Waals surface area (Å²) < 4.78 is 6.06. The van der Waals surface area contributed by atoms with Crippen molar-refractivity contribution in [2.24, 2.45) is 23.7 Å². The van der Waals surface area contributed by atoms with Crippen molar-refractivity contribution in [3.05, 3.63) is 35.4 Å². The molecule has 0 aromatic heterocycles. The molecule has 3 fully saturated rings. The molecule has 0 radical (unpaired) electrons. The number of carbonyl (C=O) groups excluding carboxylic acids is 1. The van der Waals surface area contributed by atoms with Gasteiger partial charge in [-0.15, -0.1) is 0 Å². The number of rotatable bonds is 12. The number of aryl methyl sites for hydroxylation is 1. The molecule has 0 saturated heterocycles. The highest BCUT2D eigenvalue weighted by atomic mass is 16.5. The molecule has 0 bridgehead atoms. The molecule has 2 nitrogen and oxygen atoms in total. The molecule has 0 spiro atoms. The van der Waals surface area contributed by atoms with Gasteiger partial charge in [0, 0.05) is 0 Å². The Balaban J connectivity index is 1.08. The van der Waals surface area contributed by atoms with E-state index < -0.39 is 0 Å². The van der Waals surface area contributed by atoms with Gasteiger partial charge < -0.3 is 4.74 Å². The van der Waals surface area contributed by atoms with E-state index in [1.54, 1.807) is 0 Å². The van der Waals surface area contributed by atoms with Crippen molar-refractivity contribution < 1.29 is 9.53 Å². The number of unbranched alkanes of at least 4 members (excludes halogenated alkanes) is 2.